The molecule has 15 heavy (non-hydrogen) atoms. The van der Waals surface area contributed by atoms with Gasteiger partial charge in [0.15, 0.2) is 5.54 Å². The molecule has 84 valence electrons. The van der Waals surface area contributed by atoms with Crippen LogP contribution in [0.5, 0.6) is 0 Å². The fourth-order valence-corrected chi connectivity index (χ4v) is 2.42. The van der Waals surface area contributed by atoms with Gasteiger partial charge in [0, 0.05) is 6.04 Å². The van der Waals surface area contributed by atoms with Crippen LogP contribution < -0.4 is 0 Å². The monoisotopic (exact) mass is 213 g/mol. The van der Waals surface area contributed by atoms with Crippen LogP contribution in [0.1, 0.15) is 32.6 Å². The van der Waals surface area contributed by atoms with E-state index in [4.69, 9.17) is 9.84 Å². The molecule has 1 amide bonds. The number of nitrogens with zero attached hydrogens (tertiary/aromatic N) is 1. The van der Waals surface area contributed by atoms with Gasteiger partial charge in [-0.3, -0.25) is 4.90 Å². The van der Waals surface area contributed by atoms with E-state index in [9.17, 15) is 9.59 Å². The van der Waals surface area contributed by atoms with Crippen LogP contribution in [0.2, 0.25) is 0 Å². The summed E-state index contributed by atoms with van der Waals surface area (Å²) in [4.78, 5) is 24.1. The Morgan fingerprint density at radius 2 is 2.13 bits per heavy atom. The van der Waals surface area contributed by atoms with Gasteiger partial charge in [-0.05, 0) is 19.8 Å². The number of cyclic esters (lactones) is 1. The van der Waals surface area contributed by atoms with E-state index in [-0.39, 0.29) is 12.6 Å². The van der Waals surface area contributed by atoms with Gasteiger partial charge in [0.1, 0.15) is 6.61 Å². The Morgan fingerprint density at radius 3 is 2.67 bits per heavy atom. The minimum atomic E-state index is -1.17. The third-order valence-corrected chi connectivity index (χ3v) is 3.36. The highest BCUT2D eigenvalue weighted by Crippen LogP contribution is 2.34. The van der Waals surface area contributed by atoms with Crippen molar-refractivity contribution in [2.45, 2.75) is 44.2 Å². The molecule has 0 aromatic heterocycles. The van der Waals surface area contributed by atoms with Crippen LogP contribution in [-0.2, 0) is 9.53 Å². The van der Waals surface area contributed by atoms with Gasteiger partial charge in [-0.25, -0.2) is 9.59 Å². The number of amides is 1. The fourth-order valence-electron chi connectivity index (χ4n) is 2.42. The molecule has 0 aromatic carbocycles. The summed E-state index contributed by atoms with van der Waals surface area (Å²) >= 11 is 0. The van der Waals surface area contributed by atoms with Crippen molar-refractivity contribution in [2.75, 3.05) is 6.61 Å². The molecule has 1 saturated carbocycles. The predicted molar refractivity (Wildman–Crippen MR) is 51.5 cm³/mol. The number of carbonyl (C=O) groups is 2. The smallest absolute Gasteiger partial charge is 0.411 e. The van der Waals surface area contributed by atoms with Crippen LogP contribution in [0.3, 0.4) is 0 Å². The lowest BCUT2D eigenvalue weighted by atomic mass is 10.00. The number of hydrogen-bond acceptors (Lipinski definition) is 3. The third kappa shape index (κ3) is 1.46. The maximum Gasteiger partial charge on any atom is 0.411 e. The summed E-state index contributed by atoms with van der Waals surface area (Å²) in [6.45, 7) is 1.51. The van der Waals surface area contributed by atoms with E-state index in [0.717, 1.165) is 25.7 Å². The van der Waals surface area contributed by atoms with E-state index in [1.165, 1.54) is 4.90 Å². The highest BCUT2D eigenvalue weighted by molar-refractivity contribution is 5.87. The first-order chi connectivity index (χ1) is 7.05. The van der Waals surface area contributed by atoms with E-state index in [2.05, 4.69) is 0 Å². The van der Waals surface area contributed by atoms with Crippen molar-refractivity contribution in [1.82, 2.24) is 4.90 Å². The van der Waals surface area contributed by atoms with Crippen molar-refractivity contribution in [1.29, 1.82) is 0 Å². The average molecular weight is 213 g/mol. The standard InChI is InChI=1S/C10H15NO4/c1-10(8(12)13)6-15-9(14)11(10)7-4-2-3-5-7/h7H,2-6H2,1H3,(H,12,13). The molecule has 5 nitrogen and oxygen atoms in total. The molecule has 1 aliphatic carbocycles. The summed E-state index contributed by atoms with van der Waals surface area (Å²) < 4.78 is 4.86. The number of hydrogen-bond donors (Lipinski definition) is 1. The van der Waals surface area contributed by atoms with Crippen molar-refractivity contribution in [3.8, 4) is 0 Å². The third-order valence-electron chi connectivity index (χ3n) is 3.36. The molecule has 0 radical (unpaired) electrons. The fraction of sp³-hybridized carbons (Fsp3) is 0.800. The van der Waals surface area contributed by atoms with Gasteiger partial charge in [0.05, 0.1) is 0 Å². The Kier molecular flexibility index (Phi) is 2.32. The van der Waals surface area contributed by atoms with Crippen molar-refractivity contribution in [2.24, 2.45) is 0 Å². The van der Waals surface area contributed by atoms with Gasteiger partial charge in [-0.2, -0.15) is 0 Å². The van der Waals surface area contributed by atoms with Crippen molar-refractivity contribution < 1.29 is 19.4 Å². The molecule has 1 unspecified atom stereocenters. The van der Waals surface area contributed by atoms with E-state index < -0.39 is 17.6 Å². The van der Waals surface area contributed by atoms with Crippen molar-refractivity contribution in [3.63, 3.8) is 0 Å². The maximum absolute atomic E-state index is 11.5. The molecule has 2 rings (SSSR count). The molecule has 0 aromatic rings. The first kappa shape index (κ1) is 10.3. The lowest BCUT2D eigenvalue weighted by Crippen LogP contribution is -2.54. The highest BCUT2D eigenvalue weighted by atomic mass is 16.6. The summed E-state index contributed by atoms with van der Waals surface area (Å²) in [7, 11) is 0. The van der Waals surface area contributed by atoms with Crippen LogP contribution in [0, 0.1) is 0 Å². The van der Waals surface area contributed by atoms with Gasteiger partial charge in [0.2, 0.25) is 0 Å². The topological polar surface area (TPSA) is 66.8 Å². The second kappa shape index (κ2) is 3.40. The first-order valence-corrected chi connectivity index (χ1v) is 5.25. The summed E-state index contributed by atoms with van der Waals surface area (Å²) in [6.07, 6.45) is 3.41. The summed E-state index contributed by atoms with van der Waals surface area (Å²) in [5.74, 6) is -0.986. The summed E-state index contributed by atoms with van der Waals surface area (Å²) in [5, 5.41) is 9.15. The normalized spacial score (nSPS) is 32.1. The van der Waals surface area contributed by atoms with Gasteiger partial charge < -0.3 is 9.84 Å². The number of rotatable bonds is 2. The van der Waals surface area contributed by atoms with Crippen LogP contribution in [0.25, 0.3) is 0 Å². The molecule has 2 aliphatic rings. The lowest BCUT2D eigenvalue weighted by Gasteiger charge is -2.32. The Hall–Kier alpha value is -1.26. The Balaban J connectivity index is 2.25. The van der Waals surface area contributed by atoms with Crippen LogP contribution in [0.15, 0.2) is 0 Å². The van der Waals surface area contributed by atoms with Gasteiger partial charge >= 0.3 is 12.1 Å². The predicted octanol–water partition coefficient (Wildman–Crippen LogP) is 1.22. The highest BCUT2D eigenvalue weighted by Gasteiger charge is 2.52. The molecule has 1 N–H and O–H groups in total. The molecule has 1 aliphatic heterocycles. The first-order valence-electron chi connectivity index (χ1n) is 5.25. The minimum Gasteiger partial charge on any atom is -0.479 e. The Morgan fingerprint density at radius 1 is 1.53 bits per heavy atom. The lowest BCUT2D eigenvalue weighted by molar-refractivity contribution is -0.148. The quantitative estimate of drug-likeness (QED) is 0.749. The number of aliphatic carboxylic acids is 1. The molecular formula is C10H15NO4. The SMILES string of the molecule is CC1(C(=O)O)COC(=O)N1C1CCCC1. The molecule has 0 bridgehead atoms. The Labute approximate surface area is 88.0 Å². The molecule has 5 heteroatoms. The van der Waals surface area contributed by atoms with Crippen molar-refractivity contribution >= 4 is 12.1 Å². The molecule has 0 spiro atoms. The van der Waals surface area contributed by atoms with Crippen LogP contribution >= 0.6 is 0 Å². The molecular weight excluding hydrogens is 198 g/mol. The summed E-state index contributed by atoms with van der Waals surface area (Å²) in [6, 6.07) is 0.0427. The maximum atomic E-state index is 11.5. The number of carboxylic acid groups (broad SMARTS) is 1. The Bertz CT molecular complexity index is 298. The second-order valence-electron chi connectivity index (χ2n) is 4.44. The molecule has 1 heterocycles. The molecule has 2 fully saturated rings. The molecule has 1 saturated heterocycles. The number of carboxylic acids is 1. The number of ether oxygens (including phenoxy) is 1. The van der Waals surface area contributed by atoms with Gasteiger partial charge in [-0.15, -0.1) is 0 Å². The van der Waals surface area contributed by atoms with E-state index >= 15 is 0 Å². The zero-order valence-electron chi connectivity index (χ0n) is 8.73. The van der Waals surface area contributed by atoms with E-state index in [1.54, 1.807) is 6.92 Å². The number of carbonyl (C=O) groups excluding carboxylic acids is 1. The summed E-state index contributed by atoms with van der Waals surface area (Å²) in [5.41, 5.74) is -1.17. The molecule has 1 atom stereocenters. The van der Waals surface area contributed by atoms with E-state index in [0.29, 0.717) is 0 Å². The van der Waals surface area contributed by atoms with Crippen LogP contribution in [0.4, 0.5) is 4.79 Å². The largest absolute Gasteiger partial charge is 0.479 e. The van der Waals surface area contributed by atoms with Gasteiger partial charge in [-0.1, -0.05) is 12.8 Å². The zero-order chi connectivity index (χ0) is 11.1. The van der Waals surface area contributed by atoms with Gasteiger partial charge in [0.25, 0.3) is 0 Å². The van der Waals surface area contributed by atoms with Crippen LogP contribution in [-0.4, -0.2) is 40.3 Å². The zero-order valence-corrected chi connectivity index (χ0v) is 8.73. The minimum absolute atomic E-state index is 0.0427. The average Bonchev–Trinajstić information content (AvgIpc) is 2.75. The second-order valence-corrected chi connectivity index (χ2v) is 4.44. The van der Waals surface area contributed by atoms with E-state index in [1.807, 2.05) is 0 Å². The van der Waals surface area contributed by atoms with Crippen molar-refractivity contribution in [3.05, 3.63) is 0 Å².